The molecule has 4 rings (SSSR count). The van der Waals surface area contributed by atoms with Crippen LogP contribution < -0.4 is 10.1 Å². The average molecular weight is 471 g/mol. The summed E-state index contributed by atoms with van der Waals surface area (Å²) in [6.07, 6.45) is 1.98. The second kappa shape index (κ2) is 10.0. The van der Waals surface area contributed by atoms with Crippen LogP contribution in [0.2, 0.25) is 0 Å². The fourth-order valence-corrected chi connectivity index (χ4v) is 4.82. The fraction of sp³-hybridized carbons (Fsp3) is 0.560. The van der Waals surface area contributed by atoms with Gasteiger partial charge in [-0.3, -0.25) is 14.6 Å². The van der Waals surface area contributed by atoms with Gasteiger partial charge in [0.2, 0.25) is 5.91 Å². The van der Waals surface area contributed by atoms with E-state index in [2.05, 4.69) is 17.1 Å². The van der Waals surface area contributed by atoms with E-state index in [9.17, 15) is 14.4 Å². The summed E-state index contributed by atoms with van der Waals surface area (Å²) in [7, 11) is 3.23. The van der Waals surface area contributed by atoms with Crippen molar-refractivity contribution in [2.75, 3.05) is 46.9 Å². The molecule has 1 N–H and O–H groups in total. The molecule has 3 aliphatic rings. The zero-order chi connectivity index (χ0) is 24.4. The lowest BCUT2D eigenvalue weighted by molar-refractivity contribution is -0.139. The van der Waals surface area contributed by atoms with Crippen LogP contribution in [0.4, 0.5) is 4.79 Å². The number of para-hydroxylation sites is 1. The Morgan fingerprint density at radius 3 is 2.56 bits per heavy atom. The van der Waals surface area contributed by atoms with Crippen LogP contribution in [0.1, 0.15) is 38.3 Å². The molecule has 1 saturated carbocycles. The Morgan fingerprint density at radius 2 is 1.91 bits per heavy atom. The molecule has 2 fully saturated rings. The highest BCUT2D eigenvalue weighted by Gasteiger charge is 2.40. The molecule has 2 aliphatic heterocycles. The minimum absolute atomic E-state index is 0.0706. The Morgan fingerprint density at radius 1 is 1.18 bits per heavy atom. The predicted molar refractivity (Wildman–Crippen MR) is 126 cm³/mol. The number of nitrogens with one attached hydrogen (secondary N) is 1. The van der Waals surface area contributed by atoms with Crippen LogP contribution in [-0.2, 0) is 14.3 Å². The first-order valence-electron chi connectivity index (χ1n) is 12.0. The molecule has 9 nitrogen and oxygen atoms in total. The fourth-order valence-electron chi connectivity index (χ4n) is 4.82. The number of carbonyl (C=O) groups is 3. The van der Waals surface area contributed by atoms with E-state index in [1.54, 1.807) is 27.1 Å². The van der Waals surface area contributed by atoms with Gasteiger partial charge in [0.25, 0.3) is 0 Å². The van der Waals surface area contributed by atoms with E-state index in [1.165, 1.54) is 4.90 Å². The van der Waals surface area contributed by atoms with Crippen LogP contribution in [0.3, 0.4) is 0 Å². The molecule has 0 bridgehead atoms. The van der Waals surface area contributed by atoms with Gasteiger partial charge in [-0.25, -0.2) is 9.59 Å². The van der Waals surface area contributed by atoms with Gasteiger partial charge in [0, 0.05) is 56.4 Å². The molecule has 0 spiro atoms. The van der Waals surface area contributed by atoms with Crippen LogP contribution >= 0.6 is 0 Å². The van der Waals surface area contributed by atoms with Crippen molar-refractivity contribution < 1.29 is 23.9 Å². The van der Waals surface area contributed by atoms with Gasteiger partial charge >= 0.3 is 12.0 Å². The molecule has 1 aromatic rings. The Balaban J connectivity index is 1.65. The monoisotopic (exact) mass is 470 g/mol. The van der Waals surface area contributed by atoms with Gasteiger partial charge in [-0.15, -0.1) is 0 Å². The Kier molecular flexibility index (Phi) is 7.11. The molecule has 3 amide bonds. The zero-order valence-corrected chi connectivity index (χ0v) is 20.4. The largest absolute Gasteiger partial charge is 0.496 e. The molecule has 0 radical (unpaired) electrons. The summed E-state index contributed by atoms with van der Waals surface area (Å²) in [5.74, 6) is 0.570. The van der Waals surface area contributed by atoms with Crippen molar-refractivity contribution in [2.24, 2.45) is 5.92 Å². The first-order valence-corrected chi connectivity index (χ1v) is 12.0. The molecule has 1 aliphatic carbocycles. The van der Waals surface area contributed by atoms with Gasteiger partial charge < -0.3 is 19.7 Å². The van der Waals surface area contributed by atoms with Crippen molar-refractivity contribution in [3.8, 4) is 5.75 Å². The van der Waals surface area contributed by atoms with Crippen molar-refractivity contribution in [1.29, 1.82) is 0 Å². The number of rotatable bonds is 7. The number of urea groups is 1. The number of carbonyl (C=O) groups excluding carboxylic acids is 3. The number of benzene rings is 1. The summed E-state index contributed by atoms with van der Waals surface area (Å²) >= 11 is 0. The molecule has 2 atom stereocenters. The summed E-state index contributed by atoms with van der Waals surface area (Å²) < 4.78 is 10.9. The second-order valence-corrected chi connectivity index (χ2v) is 9.15. The summed E-state index contributed by atoms with van der Waals surface area (Å²) in [5, 5.41) is 2.94. The smallest absolute Gasteiger partial charge is 0.338 e. The lowest BCUT2D eigenvalue weighted by atomic mass is 9.93. The Hall–Kier alpha value is -3.07. The molecule has 0 unspecified atom stereocenters. The van der Waals surface area contributed by atoms with Crippen LogP contribution in [-0.4, -0.2) is 85.6 Å². The second-order valence-electron chi connectivity index (χ2n) is 9.15. The number of ether oxygens (including phenoxy) is 2. The van der Waals surface area contributed by atoms with Gasteiger partial charge in [-0.1, -0.05) is 18.2 Å². The van der Waals surface area contributed by atoms with Gasteiger partial charge in [0.15, 0.2) is 0 Å². The number of nitrogens with zero attached hydrogens (tertiary/aromatic N) is 3. The Bertz CT molecular complexity index is 989. The normalized spacial score (nSPS) is 23.6. The third-order valence-corrected chi connectivity index (χ3v) is 6.82. The van der Waals surface area contributed by atoms with Crippen molar-refractivity contribution in [2.45, 2.75) is 38.8 Å². The first-order chi connectivity index (χ1) is 16.3. The highest BCUT2D eigenvalue weighted by molar-refractivity contribution is 5.95. The van der Waals surface area contributed by atoms with E-state index in [-0.39, 0.29) is 30.5 Å². The average Bonchev–Trinajstić information content (AvgIpc) is 3.67. The van der Waals surface area contributed by atoms with E-state index in [0.29, 0.717) is 48.8 Å². The van der Waals surface area contributed by atoms with Gasteiger partial charge in [0.1, 0.15) is 5.75 Å². The number of hydrogen-bond acceptors (Lipinski definition) is 6. The maximum absolute atomic E-state index is 13.2. The molecule has 1 saturated heterocycles. The van der Waals surface area contributed by atoms with Crippen LogP contribution in [0.15, 0.2) is 35.5 Å². The first kappa shape index (κ1) is 24.1. The number of hydrogen-bond donors (Lipinski definition) is 1. The number of esters is 1. The molecule has 9 heteroatoms. The van der Waals surface area contributed by atoms with E-state index in [4.69, 9.17) is 9.47 Å². The van der Waals surface area contributed by atoms with Crippen LogP contribution in [0.5, 0.6) is 5.75 Å². The zero-order valence-electron chi connectivity index (χ0n) is 20.4. The van der Waals surface area contributed by atoms with Crippen molar-refractivity contribution in [3.05, 3.63) is 41.1 Å². The number of piperazine rings is 1. The van der Waals surface area contributed by atoms with Gasteiger partial charge in [0.05, 0.1) is 25.3 Å². The van der Waals surface area contributed by atoms with E-state index in [0.717, 1.165) is 12.8 Å². The minimum atomic E-state index is -0.691. The minimum Gasteiger partial charge on any atom is -0.496 e. The van der Waals surface area contributed by atoms with E-state index < -0.39 is 12.0 Å². The van der Waals surface area contributed by atoms with Crippen LogP contribution in [0.25, 0.3) is 0 Å². The summed E-state index contributed by atoms with van der Waals surface area (Å²) in [5.41, 5.74) is 1.70. The van der Waals surface area contributed by atoms with Gasteiger partial charge in [-0.05, 0) is 32.8 Å². The molecular formula is C25H34N4O5. The van der Waals surface area contributed by atoms with Gasteiger partial charge in [-0.2, -0.15) is 0 Å². The van der Waals surface area contributed by atoms with Crippen LogP contribution in [0, 0.1) is 5.92 Å². The summed E-state index contributed by atoms with van der Waals surface area (Å²) in [4.78, 5) is 44.4. The molecule has 34 heavy (non-hydrogen) atoms. The third-order valence-electron chi connectivity index (χ3n) is 6.82. The number of methoxy groups -OCH3 is 1. The highest BCUT2D eigenvalue weighted by Crippen LogP contribution is 2.36. The quantitative estimate of drug-likeness (QED) is 0.614. The van der Waals surface area contributed by atoms with E-state index >= 15 is 0 Å². The Labute approximate surface area is 200 Å². The molecule has 0 aromatic heterocycles. The predicted octanol–water partition coefficient (Wildman–Crippen LogP) is 2.15. The summed E-state index contributed by atoms with van der Waals surface area (Å²) in [6.45, 7) is 6.44. The standard InChI is InChI=1S/C25H34N4O5/c1-5-34-24(31)21-19(15-28-12-13-29(16(2)14-28)23(30)17-10-11-17)27(3)25(32)26-22(21)18-8-6-7-9-20(18)33-4/h6-9,16-17,22H,5,10-15H2,1-4H3,(H,26,32)/t16-,22-/m0/s1. The maximum Gasteiger partial charge on any atom is 0.338 e. The third kappa shape index (κ3) is 4.75. The molecule has 1 aromatic carbocycles. The van der Waals surface area contributed by atoms with Crippen molar-refractivity contribution in [3.63, 3.8) is 0 Å². The van der Waals surface area contributed by atoms with Crippen molar-refractivity contribution >= 4 is 17.9 Å². The molecule has 2 heterocycles. The SMILES string of the molecule is CCOC(=O)C1=C(CN2CCN(C(=O)C3CC3)[C@@H](C)C2)N(C)C(=O)N[C@H]1c1ccccc1OC. The number of amides is 3. The summed E-state index contributed by atoms with van der Waals surface area (Å²) in [6, 6.07) is 6.43. The maximum atomic E-state index is 13.2. The topological polar surface area (TPSA) is 91.4 Å². The lowest BCUT2D eigenvalue weighted by Gasteiger charge is -2.42. The molecular weight excluding hydrogens is 436 g/mol. The van der Waals surface area contributed by atoms with Crippen molar-refractivity contribution in [1.82, 2.24) is 20.0 Å². The number of likely N-dealkylation sites (N-methyl/N-ethyl adjacent to an activating group) is 1. The van der Waals surface area contributed by atoms with E-state index in [1.807, 2.05) is 23.1 Å². The highest BCUT2D eigenvalue weighted by atomic mass is 16.5. The lowest BCUT2D eigenvalue weighted by Crippen LogP contribution is -2.56. The molecule has 184 valence electrons.